The van der Waals surface area contributed by atoms with Crippen molar-refractivity contribution in [2.45, 2.75) is 13.5 Å². The van der Waals surface area contributed by atoms with E-state index in [2.05, 4.69) is 10.1 Å². The Morgan fingerprint density at radius 3 is 2.58 bits per heavy atom. The molecule has 1 amide bonds. The second-order valence-corrected chi connectivity index (χ2v) is 5.93. The van der Waals surface area contributed by atoms with Crippen LogP contribution in [0.2, 0.25) is 5.02 Å². The Bertz CT molecular complexity index is 859. The van der Waals surface area contributed by atoms with E-state index >= 15 is 0 Å². The van der Waals surface area contributed by atoms with Crippen LogP contribution in [-0.2, 0) is 6.54 Å². The summed E-state index contributed by atoms with van der Waals surface area (Å²) in [5, 5.41) is 4.39. The molecule has 0 aliphatic heterocycles. The molecule has 5 nitrogen and oxygen atoms in total. The number of nitrogens with zero attached hydrogens (tertiary/aromatic N) is 3. The maximum absolute atomic E-state index is 12.4. The molecule has 0 spiro atoms. The molecule has 0 N–H and O–H groups in total. The van der Waals surface area contributed by atoms with Gasteiger partial charge in [0, 0.05) is 12.6 Å². The van der Waals surface area contributed by atoms with Crippen molar-refractivity contribution in [3.63, 3.8) is 0 Å². The van der Waals surface area contributed by atoms with Crippen LogP contribution in [0.25, 0.3) is 11.4 Å². The monoisotopic (exact) mass is 341 g/mol. The smallest absolute Gasteiger partial charge is 0.255 e. The van der Waals surface area contributed by atoms with Gasteiger partial charge in [0.15, 0.2) is 0 Å². The van der Waals surface area contributed by atoms with E-state index < -0.39 is 0 Å². The first-order chi connectivity index (χ1) is 11.5. The Balaban J connectivity index is 1.73. The van der Waals surface area contributed by atoms with Gasteiger partial charge in [-0.15, -0.1) is 0 Å². The lowest BCUT2D eigenvalue weighted by Crippen LogP contribution is -2.26. The summed E-state index contributed by atoms with van der Waals surface area (Å²) in [5.41, 5.74) is 2.48. The predicted octanol–water partition coefficient (Wildman–Crippen LogP) is 3.97. The van der Waals surface area contributed by atoms with Gasteiger partial charge in [-0.2, -0.15) is 4.98 Å². The number of rotatable bonds is 4. The lowest BCUT2D eigenvalue weighted by molar-refractivity contribution is 0.0770. The number of halogens is 1. The molecule has 6 heteroatoms. The van der Waals surface area contributed by atoms with Crippen molar-refractivity contribution in [2.24, 2.45) is 0 Å². The molecule has 122 valence electrons. The zero-order valence-electron chi connectivity index (χ0n) is 13.4. The number of aryl methyl sites for hydroxylation is 1. The zero-order chi connectivity index (χ0) is 17.1. The van der Waals surface area contributed by atoms with Crippen LogP contribution >= 0.6 is 11.6 Å². The van der Waals surface area contributed by atoms with Crippen LogP contribution in [0.1, 0.15) is 21.8 Å². The van der Waals surface area contributed by atoms with Crippen molar-refractivity contribution in [1.29, 1.82) is 0 Å². The summed E-state index contributed by atoms with van der Waals surface area (Å²) in [6.07, 6.45) is 0. The normalized spacial score (nSPS) is 10.6. The summed E-state index contributed by atoms with van der Waals surface area (Å²) in [5.74, 6) is 0.674. The van der Waals surface area contributed by atoms with Crippen LogP contribution < -0.4 is 0 Å². The summed E-state index contributed by atoms with van der Waals surface area (Å²) in [7, 11) is 1.67. The van der Waals surface area contributed by atoms with Gasteiger partial charge >= 0.3 is 0 Å². The first kappa shape index (κ1) is 16.2. The minimum atomic E-state index is -0.198. The van der Waals surface area contributed by atoms with Crippen molar-refractivity contribution in [2.75, 3.05) is 7.05 Å². The lowest BCUT2D eigenvalue weighted by atomic mass is 10.1. The van der Waals surface area contributed by atoms with Gasteiger partial charge in [-0.3, -0.25) is 4.79 Å². The van der Waals surface area contributed by atoms with Crippen molar-refractivity contribution in [3.8, 4) is 11.4 Å². The summed E-state index contributed by atoms with van der Waals surface area (Å²) >= 11 is 6.06. The third-order valence-electron chi connectivity index (χ3n) is 3.60. The number of hydrogen-bond acceptors (Lipinski definition) is 4. The fourth-order valence-electron chi connectivity index (χ4n) is 2.25. The van der Waals surface area contributed by atoms with E-state index in [-0.39, 0.29) is 12.5 Å². The predicted molar refractivity (Wildman–Crippen MR) is 91.7 cm³/mol. The third-order valence-corrected chi connectivity index (χ3v) is 3.93. The average molecular weight is 342 g/mol. The van der Waals surface area contributed by atoms with Crippen LogP contribution in [0.4, 0.5) is 0 Å². The van der Waals surface area contributed by atoms with Gasteiger partial charge in [0.1, 0.15) is 0 Å². The Morgan fingerprint density at radius 2 is 1.88 bits per heavy atom. The maximum Gasteiger partial charge on any atom is 0.255 e. The quantitative estimate of drug-likeness (QED) is 0.720. The van der Waals surface area contributed by atoms with Gasteiger partial charge in [-0.25, -0.2) is 0 Å². The Labute approximate surface area is 144 Å². The van der Waals surface area contributed by atoms with E-state index in [0.29, 0.717) is 22.3 Å². The molecule has 2 aromatic carbocycles. The number of carbonyl (C=O) groups excluding carboxylic acids is 1. The van der Waals surface area contributed by atoms with E-state index in [1.54, 1.807) is 31.3 Å². The van der Waals surface area contributed by atoms with E-state index in [4.69, 9.17) is 16.1 Å². The largest absolute Gasteiger partial charge is 0.337 e. The maximum atomic E-state index is 12.4. The number of carbonyl (C=O) groups is 1. The molecule has 0 radical (unpaired) electrons. The molecule has 0 aliphatic carbocycles. The highest BCUT2D eigenvalue weighted by atomic mass is 35.5. The molecule has 1 heterocycles. The molecule has 0 atom stereocenters. The topological polar surface area (TPSA) is 59.2 Å². The molecule has 0 bridgehead atoms. The van der Waals surface area contributed by atoms with Crippen molar-refractivity contribution in [1.82, 2.24) is 15.0 Å². The number of amides is 1. The molecule has 0 saturated carbocycles. The van der Waals surface area contributed by atoms with Gasteiger partial charge < -0.3 is 9.42 Å². The second-order valence-electron chi connectivity index (χ2n) is 5.52. The first-order valence-corrected chi connectivity index (χ1v) is 7.82. The Morgan fingerprint density at radius 1 is 1.17 bits per heavy atom. The number of hydrogen-bond donors (Lipinski definition) is 0. The van der Waals surface area contributed by atoms with Gasteiger partial charge in [0.05, 0.1) is 17.1 Å². The van der Waals surface area contributed by atoms with Crippen LogP contribution in [0.3, 0.4) is 0 Å². The molecule has 3 aromatic rings. The molecular formula is C18H16ClN3O2. The SMILES string of the molecule is Cc1ccc(-c2noc(CN(C)C(=O)c3ccccc3Cl)n2)cc1. The molecule has 3 rings (SSSR count). The molecule has 0 fully saturated rings. The Hall–Kier alpha value is -2.66. The van der Waals surface area contributed by atoms with Crippen molar-refractivity contribution >= 4 is 17.5 Å². The summed E-state index contributed by atoms with van der Waals surface area (Å²) < 4.78 is 5.25. The fourth-order valence-corrected chi connectivity index (χ4v) is 2.47. The van der Waals surface area contributed by atoms with Crippen LogP contribution in [0.5, 0.6) is 0 Å². The minimum absolute atomic E-state index is 0.198. The zero-order valence-corrected chi connectivity index (χ0v) is 14.1. The van der Waals surface area contributed by atoms with E-state index in [1.165, 1.54) is 4.90 Å². The molecule has 0 unspecified atom stereocenters. The summed E-state index contributed by atoms with van der Waals surface area (Å²) in [6.45, 7) is 2.23. The average Bonchev–Trinajstić information content (AvgIpc) is 3.04. The first-order valence-electron chi connectivity index (χ1n) is 7.44. The highest BCUT2D eigenvalue weighted by molar-refractivity contribution is 6.33. The minimum Gasteiger partial charge on any atom is -0.337 e. The summed E-state index contributed by atoms with van der Waals surface area (Å²) in [4.78, 5) is 18.3. The molecular weight excluding hydrogens is 326 g/mol. The lowest BCUT2D eigenvalue weighted by Gasteiger charge is -2.15. The highest BCUT2D eigenvalue weighted by Gasteiger charge is 2.18. The highest BCUT2D eigenvalue weighted by Crippen LogP contribution is 2.19. The number of benzene rings is 2. The fraction of sp³-hybridized carbons (Fsp3) is 0.167. The van der Waals surface area contributed by atoms with Crippen molar-refractivity contribution < 1.29 is 9.32 Å². The van der Waals surface area contributed by atoms with Gasteiger partial charge in [-0.05, 0) is 19.1 Å². The molecule has 0 aliphatic rings. The van der Waals surface area contributed by atoms with Crippen LogP contribution in [0, 0.1) is 6.92 Å². The van der Waals surface area contributed by atoms with E-state index in [1.807, 2.05) is 31.2 Å². The van der Waals surface area contributed by atoms with E-state index in [0.717, 1.165) is 11.1 Å². The van der Waals surface area contributed by atoms with Crippen LogP contribution in [0.15, 0.2) is 53.1 Å². The van der Waals surface area contributed by atoms with Crippen molar-refractivity contribution in [3.05, 3.63) is 70.6 Å². The van der Waals surface area contributed by atoms with Gasteiger partial charge in [0.2, 0.25) is 11.7 Å². The van der Waals surface area contributed by atoms with Gasteiger partial charge in [0.25, 0.3) is 5.91 Å². The molecule has 24 heavy (non-hydrogen) atoms. The van der Waals surface area contributed by atoms with Crippen LogP contribution in [-0.4, -0.2) is 28.0 Å². The standard InChI is InChI=1S/C18H16ClN3O2/c1-12-7-9-13(10-8-12)17-20-16(24-21-17)11-22(2)18(23)14-5-3-4-6-15(14)19/h3-10H,11H2,1-2H3. The van der Waals surface area contributed by atoms with Gasteiger partial charge in [-0.1, -0.05) is 58.7 Å². The molecule has 1 aromatic heterocycles. The number of aromatic nitrogens is 2. The Kier molecular flexibility index (Phi) is 4.62. The molecule has 0 saturated heterocycles. The third kappa shape index (κ3) is 3.46. The summed E-state index contributed by atoms with van der Waals surface area (Å²) in [6, 6.07) is 14.8. The van der Waals surface area contributed by atoms with E-state index in [9.17, 15) is 4.79 Å². The second kappa shape index (κ2) is 6.84.